The van der Waals surface area contributed by atoms with Gasteiger partial charge in [0, 0.05) is 18.8 Å². The van der Waals surface area contributed by atoms with Crippen LogP contribution in [0.4, 0.5) is 5.69 Å². The Bertz CT molecular complexity index is 551. The van der Waals surface area contributed by atoms with Crippen LogP contribution in [0.2, 0.25) is 0 Å². The lowest BCUT2D eigenvalue weighted by atomic mass is 9.89. The molecule has 0 amide bonds. The van der Waals surface area contributed by atoms with Gasteiger partial charge in [0.2, 0.25) is 10.0 Å². The molecule has 2 rings (SSSR count). The smallest absolute Gasteiger partial charge is 0.240 e. The zero-order valence-corrected chi connectivity index (χ0v) is 12.3. The Kier molecular flexibility index (Phi) is 4.13. The summed E-state index contributed by atoms with van der Waals surface area (Å²) in [4.78, 5) is 0.322. The molecule has 0 bridgehead atoms. The first kappa shape index (κ1) is 14.3. The number of nitrogens with one attached hydrogen (secondary N) is 2. The molecular weight excluding hydrogens is 264 g/mol. The molecule has 0 radical (unpaired) electrons. The summed E-state index contributed by atoms with van der Waals surface area (Å²) in [6.45, 7) is 1.79. The minimum absolute atomic E-state index is 0.322. The fourth-order valence-electron chi connectivity index (χ4n) is 2.20. The first-order chi connectivity index (χ1) is 8.96. The number of hydrogen-bond donors (Lipinski definition) is 2. The van der Waals surface area contributed by atoms with Crippen LogP contribution < -0.4 is 10.0 Å². The van der Waals surface area contributed by atoms with E-state index in [-0.39, 0.29) is 0 Å². The van der Waals surface area contributed by atoms with Gasteiger partial charge in [-0.3, -0.25) is 0 Å². The van der Waals surface area contributed by atoms with Crippen molar-refractivity contribution in [2.45, 2.75) is 36.8 Å². The summed E-state index contributed by atoms with van der Waals surface area (Å²) < 4.78 is 31.3. The number of anilines is 1. The maximum Gasteiger partial charge on any atom is 0.240 e. The van der Waals surface area contributed by atoms with Crippen LogP contribution in [-0.2, 0) is 14.8 Å². The van der Waals surface area contributed by atoms with E-state index in [0.717, 1.165) is 24.1 Å². The highest BCUT2D eigenvalue weighted by atomic mass is 32.2. The van der Waals surface area contributed by atoms with Crippen molar-refractivity contribution in [3.05, 3.63) is 23.8 Å². The van der Waals surface area contributed by atoms with Gasteiger partial charge in [0.15, 0.2) is 0 Å². The van der Waals surface area contributed by atoms with E-state index in [4.69, 9.17) is 4.74 Å². The third-order valence-corrected chi connectivity index (χ3v) is 5.10. The quantitative estimate of drug-likeness (QED) is 0.859. The minimum atomic E-state index is -3.41. The van der Waals surface area contributed by atoms with E-state index >= 15 is 0 Å². The summed E-state index contributed by atoms with van der Waals surface area (Å²) in [6.07, 6.45) is 2.24. The van der Waals surface area contributed by atoms with Crippen LogP contribution in [0.1, 0.15) is 18.4 Å². The lowest BCUT2D eigenvalue weighted by molar-refractivity contribution is 0.0328. The van der Waals surface area contributed by atoms with Crippen LogP contribution in [0.5, 0.6) is 0 Å². The van der Waals surface area contributed by atoms with Crippen molar-refractivity contribution in [3.8, 4) is 0 Å². The van der Waals surface area contributed by atoms with E-state index in [9.17, 15) is 8.42 Å². The number of sulfonamides is 1. The van der Waals surface area contributed by atoms with Crippen molar-refractivity contribution in [1.29, 1.82) is 0 Å². The minimum Gasteiger partial charge on any atom is -0.382 e. The number of rotatable bonds is 5. The van der Waals surface area contributed by atoms with Crippen molar-refractivity contribution in [3.63, 3.8) is 0 Å². The Balaban J connectivity index is 2.14. The number of aryl methyl sites for hydroxylation is 1. The third-order valence-electron chi connectivity index (χ3n) is 3.55. The average Bonchev–Trinajstić information content (AvgIpc) is 2.34. The van der Waals surface area contributed by atoms with E-state index in [1.54, 1.807) is 20.1 Å². The Morgan fingerprint density at radius 3 is 2.58 bits per heavy atom. The summed E-state index contributed by atoms with van der Waals surface area (Å²) >= 11 is 0. The molecule has 106 valence electrons. The largest absolute Gasteiger partial charge is 0.382 e. The Labute approximate surface area is 114 Å². The van der Waals surface area contributed by atoms with Gasteiger partial charge in [0.25, 0.3) is 0 Å². The zero-order valence-electron chi connectivity index (χ0n) is 11.4. The summed E-state index contributed by atoms with van der Waals surface area (Å²) in [6, 6.07) is 5.77. The van der Waals surface area contributed by atoms with E-state index in [1.807, 2.05) is 12.1 Å². The van der Waals surface area contributed by atoms with E-state index in [2.05, 4.69) is 10.0 Å². The topological polar surface area (TPSA) is 67.4 Å². The fourth-order valence-corrected chi connectivity index (χ4v) is 3.19. The SMILES string of the molecule is CNS(=O)(=O)c1cc(NC2CC(OC)C2)ccc1C. The molecule has 0 spiro atoms. The van der Waals surface area contributed by atoms with Gasteiger partial charge in [-0.1, -0.05) is 6.07 Å². The molecule has 1 fully saturated rings. The molecule has 0 heterocycles. The van der Waals surface area contributed by atoms with Gasteiger partial charge in [0.05, 0.1) is 11.0 Å². The molecule has 1 aromatic rings. The second-order valence-electron chi connectivity index (χ2n) is 4.86. The van der Waals surface area contributed by atoms with Crippen LogP contribution in [-0.4, -0.2) is 34.7 Å². The second kappa shape index (κ2) is 5.48. The van der Waals surface area contributed by atoms with Crippen molar-refractivity contribution in [1.82, 2.24) is 4.72 Å². The van der Waals surface area contributed by atoms with Gasteiger partial charge in [0.1, 0.15) is 0 Å². The van der Waals surface area contributed by atoms with Gasteiger partial charge in [-0.25, -0.2) is 13.1 Å². The van der Waals surface area contributed by atoms with Gasteiger partial charge >= 0.3 is 0 Å². The molecule has 6 heteroatoms. The molecule has 0 atom stereocenters. The second-order valence-corrected chi connectivity index (χ2v) is 6.71. The van der Waals surface area contributed by atoms with Crippen molar-refractivity contribution < 1.29 is 13.2 Å². The highest BCUT2D eigenvalue weighted by Gasteiger charge is 2.29. The normalized spacial score (nSPS) is 22.9. The molecule has 19 heavy (non-hydrogen) atoms. The Morgan fingerprint density at radius 2 is 2.00 bits per heavy atom. The maximum absolute atomic E-state index is 11.9. The maximum atomic E-state index is 11.9. The average molecular weight is 284 g/mol. The van der Waals surface area contributed by atoms with Crippen LogP contribution in [0, 0.1) is 6.92 Å². The zero-order chi connectivity index (χ0) is 14.0. The van der Waals surface area contributed by atoms with Gasteiger partial charge in [-0.05, 0) is 44.5 Å². The standard InChI is InChI=1S/C13H20N2O3S/c1-9-4-5-10(8-13(9)19(16,17)14-2)15-11-6-12(7-11)18-3/h4-5,8,11-12,14-15H,6-7H2,1-3H3. The van der Waals surface area contributed by atoms with Crippen molar-refractivity contribution in [2.24, 2.45) is 0 Å². The molecule has 2 N–H and O–H groups in total. The Hall–Kier alpha value is -1.11. The van der Waals surface area contributed by atoms with Crippen LogP contribution in [0.15, 0.2) is 23.1 Å². The predicted molar refractivity (Wildman–Crippen MR) is 74.9 cm³/mol. The van der Waals surface area contributed by atoms with Crippen LogP contribution >= 0.6 is 0 Å². The third kappa shape index (κ3) is 3.08. The van der Waals surface area contributed by atoms with E-state index in [1.165, 1.54) is 7.05 Å². The van der Waals surface area contributed by atoms with E-state index < -0.39 is 10.0 Å². The molecule has 0 aliphatic heterocycles. The lowest BCUT2D eigenvalue weighted by Crippen LogP contribution is -2.40. The molecule has 0 saturated heterocycles. The van der Waals surface area contributed by atoms with Gasteiger partial charge < -0.3 is 10.1 Å². The first-order valence-corrected chi connectivity index (χ1v) is 7.78. The summed E-state index contributed by atoms with van der Waals surface area (Å²) in [5, 5.41) is 3.33. The lowest BCUT2D eigenvalue weighted by Gasteiger charge is -2.35. The highest BCUT2D eigenvalue weighted by Crippen LogP contribution is 2.28. The molecular formula is C13H20N2O3S. The molecule has 1 aromatic carbocycles. The highest BCUT2D eigenvalue weighted by molar-refractivity contribution is 7.89. The first-order valence-electron chi connectivity index (χ1n) is 6.30. The van der Waals surface area contributed by atoms with Crippen LogP contribution in [0.3, 0.4) is 0 Å². The fraction of sp³-hybridized carbons (Fsp3) is 0.538. The summed E-state index contributed by atoms with van der Waals surface area (Å²) in [7, 11) is -0.273. The monoisotopic (exact) mass is 284 g/mol. The summed E-state index contributed by atoms with van der Waals surface area (Å²) in [5.41, 5.74) is 1.57. The van der Waals surface area contributed by atoms with Gasteiger partial charge in [-0.2, -0.15) is 0 Å². The Morgan fingerprint density at radius 1 is 1.32 bits per heavy atom. The summed E-state index contributed by atoms with van der Waals surface area (Å²) in [5.74, 6) is 0. The molecule has 1 saturated carbocycles. The van der Waals surface area contributed by atoms with Crippen molar-refractivity contribution in [2.75, 3.05) is 19.5 Å². The number of methoxy groups -OCH3 is 1. The molecule has 0 aromatic heterocycles. The number of hydrogen-bond acceptors (Lipinski definition) is 4. The molecule has 5 nitrogen and oxygen atoms in total. The van der Waals surface area contributed by atoms with Crippen molar-refractivity contribution >= 4 is 15.7 Å². The molecule has 1 aliphatic carbocycles. The number of benzene rings is 1. The number of ether oxygens (including phenoxy) is 1. The van der Waals surface area contributed by atoms with Crippen LogP contribution in [0.25, 0.3) is 0 Å². The van der Waals surface area contributed by atoms with Gasteiger partial charge in [-0.15, -0.1) is 0 Å². The van der Waals surface area contributed by atoms with E-state index in [0.29, 0.717) is 17.0 Å². The molecule has 0 unspecified atom stereocenters. The molecule has 1 aliphatic rings. The predicted octanol–water partition coefficient (Wildman–Crippen LogP) is 1.49.